The van der Waals surface area contributed by atoms with E-state index in [0.29, 0.717) is 21.8 Å². The third-order valence-corrected chi connectivity index (χ3v) is 4.39. The molecule has 0 amide bonds. The summed E-state index contributed by atoms with van der Waals surface area (Å²) >= 11 is 0. The summed E-state index contributed by atoms with van der Waals surface area (Å²) in [7, 11) is -2.26. The fraction of sp³-hybridized carbons (Fsp3) is 0.500. The van der Waals surface area contributed by atoms with Gasteiger partial charge in [-0.05, 0) is 23.3 Å². The van der Waals surface area contributed by atoms with Gasteiger partial charge in [0.2, 0.25) is 5.88 Å². The Hall–Kier alpha value is -2.24. The number of tetrazole rings is 1. The van der Waals surface area contributed by atoms with Gasteiger partial charge in [0.05, 0.1) is 12.9 Å². The van der Waals surface area contributed by atoms with Crippen molar-refractivity contribution in [2.24, 2.45) is 0 Å². The summed E-state index contributed by atoms with van der Waals surface area (Å²) in [5.41, 5.74) is 1.12. The van der Waals surface area contributed by atoms with Crippen LogP contribution in [0.4, 0.5) is 13.2 Å². The second-order valence-corrected chi connectivity index (χ2v) is 7.10. The molecule has 0 radical (unpaired) electrons. The van der Waals surface area contributed by atoms with Crippen molar-refractivity contribution < 1.29 is 26.3 Å². The lowest BCUT2D eigenvalue weighted by Crippen LogP contribution is -2.20. The third kappa shape index (κ3) is 5.15. The van der Waals surface area contributed by atoms with Gasteiger partial charge >= 0.3 is 6.18 Å². The number of sulfone groups is 1. The summed E-state index contributed by atoms with van der Waals surface area (Å²) in [6.07, 6.45) is -3.14. The highest BCUT2D eigenvalue weighted by Crippen LogP contribution is 2.18. The molecular weight excluding hydrogens is 351 g/mol. The maximum atomic E-state index is 12.2. The van der Waals surface area contributed by atoms with Crippen molar-refractivity contribution in [1.29, 1.82) is 0 Å². The van der Waals surface area contributed by atoms with Gasteiger partial charge in [-0.3, -0.25) is 0 Å². The zero-order valence-electron chi connectivity index (χ0n) is 12.8. The van der Waals surface area contributed by atoms with E-state index in [-0.39, 0.29) is 11.6 Å². The molecule has 2 aromatic heterocycles. The van der Waals surface area contributed by atoms with Crippen LogP contribution < -0.4 is 4.74 Å². The van der Waals surface area contributed by atoms with E-state index >= 15 is 0 Å². The molecule has 2 heterocycles. The maximum Gasteiger partial charge on any atom is 0.409 e. The number of hydrogen-bond acceptors (Lipinski definition) is 7. The molecule has 2 rings (SSSR count). The van der Waals surface area contributed by atoms with Crippen LogP contribution in [0, 0.1) is 6.92 Å². The van der Waals surface area contributed by atoms with Crippen molar-refractivity contribution in [2.45, 2.75) is 31.2 Å². The summed E-state index contributed by atoms with van der Waals surface area (Å²) < 4.78 is 65.9. The third-order valence-electron chi connectivity index (χ3n) is 2.94. The van der Waals surface area contributed by atoms with Gasteiger partial charge in [0, 0.05) is 12.3 Å². The molecule has 0 bridgehead atoms. The van der Waals surface area contributed by atoms with Gasteiger partial charge in [0.1, 0.15) is 5.75 Å². The number of pyridine rings is 1. The fourth-order valence-electron chi connectivity index (χ4n) is 1.87. The smallest absolute Gasteiger partial charge is 0.409 e. The molecule has 2 aromatic rings. The average molecular weight is 365 g/mol. The van der Waals surface area contributed by atoms with Crippen molar-refractivity contribution in [1.82, 2.24) is 25.2 Å². The molecule has 12 heteroatoms. The molecular formula is C12H14F3N5O3S. The van der Waals surface area contributed by atoms with E-state index in [4.69, 9.17) is 4.74 Å². The van der Waals surface area contributed by atoms with E-state index in [9.17, 15) is 21.6 Å². The highest BCUT2D eigenvalue weighted by atomic mass is 32.2. The number of aryl methyl sites for hydroxylation is 1. The summed E-state index contributed by atoms with van der Waals surface area (Å²) in [6.45, 7) is 0.272. The fourth-order valence-corrected chi connectivity index (χ4v) is 3.25. The number of nitrogens with zero attached hydrogens (tertiary/aromatic N) is 5. The van der Waals surface area contributed by atoms with Gasteiger partial charge < -0.3 is 4.74 Å². The molecule has 24 heavy (non-hydrogen) atoms. The van der Waals surface area contributed by atoms with Crippen LogP contribution in [0.5, 0.6) is 5.88 Å². The van der Waals surface area contributed by atoms with Gasteiger partial charge in [-0.15, -0.1) is 10.2 Å². The molecule has 0 aliphatic heterocycles. The van der Waals surface area contributed by atoms with Crippen LogP contribution in [0.1, 0.15) is 17.0 Å². The SMILES string of the molecule is COc1cc(C)c(CS(=O)(=O)Cc2nnn(CC(F)(F)F)n2)cn1. The van der Waals surface area contributed by atoms with Crippen molar-refractivity contribution in [2.75, 3.05) is 7.11 Å². The van der Waals surface area contributed by atoms with Gasteiger partial charge in [-0.1, -0.05) is 0 Å². The molecule has 0 fully saturated rings. The predicted octanol–water partition coefficient (Wildman–Crippen LogP) is 1.06. The Balaban J connectivity index is 2.09. The molecule has 0 saturated heterocycles. The molecule has 0 aliphatic carbocycles. The van der Waals surface area contributed by atoms with E-state index in [0.717, 1.165) is 0 Å². The topological polar surface area (TPSA) is 99.9 Å². The maximum absolute atomic E-state index is 12.2. The van der Waals surface area contributed by atoms with Crippen LogP contribution in [0.15, 0.2) is 12.3 Å². The predicted molar refractivity (Wildman–Crippen MR) is 75.7 cm³/mol. The van der Waals surface area contributed by atoms with Crippen molar-refractivity contribution in [3.8, 4) is 5.88 Å². The quantitative estimate of drug-likeness (QED) is 0.755. The zero-order chi connectivity index (χ0) is 18.0. The second-order valence-electron chi connectivity index (χ2n) is 5.04. The summed E-state index contributed by atoms with van der Waals surface area (Å²) in [4.78, 5) is 4.24. The van der Waals surface area contributed by atoms with Gasteiger partial charge in [-0.25, -0.2) is 13.4 Å². The Labute approximate surface area is 135 Å². The molecule has 132 valence electrons. The lowest BCUT2D eigenvalue weighted by atomic mass is 10.2. The van der Waals surface area contributed by atoms with Crippen LogP contribution in [0.3, 0.4) is 0 Å². The Bertz CT molecular complexity index is 820. The minimum absolute atomic E-state index is 0.293. The minimum atomic E-state index is -4.51. The first kappa shape index (κ1) is 18.1. The van der Waals surface area contributed by atoms with Gasteiger partial charge in [0.15, 0.2) is 22.2 Å². The summed E-state index contributed by atoms with van der Waals surface area (Å²) in [5, 5.41) is 9.97. The summed E-state index contributed by atoms with van der Waals surface area (Å²) in [5.74, 6) is -0.899. The van der Waals surface area contributed by atoms with E-state index in [1.165, 1.54) is 13.3 Å². The number of ether oxygens (including phenoxy) is 1. The zero-order valence-corrected chi connectivity index (χ0v) is 13.6. The largest absolute Gasteiger partial charge is 0.481 e. The van der Waals surface area contributed by atoms with Crippen molar-refractivity contribution in [3.05, 3.63) is 29.2 Å². The first-order valence-electron chi connectivity index (χ1n) is 6.61. The lowest BCUT2D eigenvalue weighted by molar-refractivity contribution is -0.145. The minimum Gasteiger partial charge on any atom is -0.481 e. The number of aromatic nitrogens is 5. The van der Waals surface area contributed by atoms with Gasteiger partial charge in [-0.2, -0.15) is 18.0 Å². The number of alkyl halides is 3. The molecule has 0 N–H and O–H groups in total. The van der Waals surface area contributed by atoms with E-state index in [1.807, 2.05) is 0 Å². The standard InChI is InChI=1S/C12H14F3N5O3S/c1-8-3-11(23-2)16-4-9(8)5-24(21,22)6-10-17-19-20(18-10)7-12(13,14)15/h3-4H,5-7H2,1-2H3. The molecule has 0 atom stereocenters. The molecule has 8 nitrogen and oxygen atoms in total. The number of hydrogen-bond donors (Lipinski definition) is 0. The van der Waals surface area contributed by atoms with Crippen LogP contribution in [0.2, 0.25) is 0 Å². The highest BCUT2D eigenvalue weighted by molar-refractivity contribution is 7.89. The Kier molecular flexibility index (Phi) is 5.06. The van der Waals surface area contributed by atoms with E-state index in [2.05, 4.69) is 20.4 Å². The monoisotopic (exact) mass is 365 g/mol. The van der Waals surface area contributed by atoms with Crippen LogP contribution >= 0.6 is 0 Å². The van der Waals surface area contributed by atoms with E-state index < -0.39 is 28.3 Å². The number of halogens is 3. The Morgan fingerprint density at radius 2 is 2.00 bits per heavy atom. The van der Waals surface area contributed by atoms with Gasteiger partial charge in [0.25, 0.3) is 0 Å². The number of rotatable bonds is 6. The molecule has 0 aromatic carbocycles. The first-order chi connectivity index (χ1) is 11.1. The van der Waals surface area contributed by atoms with E-state index in [1.54, 1.807) is 13.0 Å². The Morgan fingerprint density at radius 3 is 2.58 bits per heavy atom. The normalized spacial score (nSPS) is 12.4. The molecule has 0 unspecified atom stereocenters. The molecule has 0 saturated carbocycles. The average Bonchev–Trinajstić information content (AvgIpc) is 2.84. The summed E-state index contributed by atoms with van der Waals surface area (Å²) in [6, 6.07) is 1.59. The van der Waals surface area contributed by atoms with Crippen LogP contribution in [-0.4, -0.2) is 46.9 Å². The second kappa shape index (κ2) is 6.71. The van der Waals surface area contributed by atoms with Crippen LogP contribution in [0.25, 0.3) is 0 Å². The van der Waals surface area contributed by atoms with Crippen molar-refractivity contribution >= 4 is 9.84 Å². The Morgan fingerprint density at radius 1 is 1.29 bits per heavy atom. The van der Waals surface area contributed by atoms with Crippen molar-refractivity contribution in [3.63, 3.8) is 0 Å². The number of methoxy groups -OCH3 is 1. The first-order valence-corrected chi connectivity index (χ1v) is 8.43. The molecule has 0 aliphatic rings. The van der Waals surface area contributed by atoms with Crippen LogP contribution in [-0.2, 0) is 27.9 Å². The molecule has 0 spiro atoms. The lowest BCUT2D eigenvalue weighted by Gasteiger charge is -2.07. The highest BCUT2D eigenvalue weighted by Gasteiger charge is 2.30.